The molecule has 4 rings (SSSR count). The molecule has 0 heterocycles. The number of carbonyl (C=O) groups is 3. The Kier molecular flexibility index (Phi) is 9.08. The maximum absolute atomic E-state index is 12.6. The Morgan fingerprint density at radius 3 is 2.12 bits per heavy atom. The van der Waals surface area contributed by atoms with E-state index in [1.807, 2.05) is 6.92 Å². The fraction of sp³-hybridized carbons (Fsp3) is 0.848. The molecule has 2 N–H and O–H groups in total. The average Bonchev–Trinajstić information content (AvgIpc) is 3.17. The summed E-state index contributed by atoms with van der Waals surface area (Å²) in [6, 6.07) is 0. The van der Waals surface area contributed by atoms with Crippen LogP contribution in [-0.2, 0) is 28.6 Å². The topological polar surface area (TPSA) is 119 Å². The van der Waals surface area contributed by atoms with Crippen LogP contribution in [0.25, 0.3) is 0 Å². The molecule has 2 fully saturated rings. The highest BCUT2D eigenvalue weighted by Crippen LogP contribution is 2.67. The predicted molar refractivity (Wildman–Crippen MR) is 153 cm³/mol. The number of fused-ring (bicyclic) bond motifs is 4. The van der Waals surface area contributed by atoms with Gasteiger partial charge in [-0.1, -0.05) is 53.9 Å². The highest BCUT2D eigenvalue weighted by molar-refractivity contribution is 5.69. The summed E-state index contributed by atoms with van der Waals surface area (Å²) < 4.78 is 17.4. The monoisotopic (exact) mass is 576 g/mol. The van der Waals surface area contributed by atoms with Crippen LogP contribution in [0.1, 0.15) is 113 Å². The Balaban J connectivity index is 1.83. The normalized spacial score (nSPS) is 40.8. The van der Waals surface area contributed by atoms with Crippen LogP contribution in [0.3, 0.4) is 0 Å². The van der Waals surface area contributed by atoms with E-state index in [2.05, 4.69) is 27.7 Å². The average molecular weight is 577 g/mol. The van der Waals surface area contributed by atoms with Crippen LogP contribution in [-0.4, -0.2) is 58.1 Å². The van der Waals surface area contributed by atoms with E-state index in [1.165, 1.54) is 33.6 Å². The minimum Gasteiger partial charge on any atom is -0.462 e. The van der Waals surface area contributed by atoms with Gasteiger partial charge in [0.15, 0.2) is 12.2 Å². The molecule has 232 valence electrons. The number of aliphatic hydroxyl groups is 2. The number of hydrogen-bond acceptors (Lipinski definition) is 8. The van der Waals surface area contributed by atoms with E-state index in [9.17, 15) is 24.6 Å². The van der Waals surface area contributed by atoms with E-state index in [4.69, 9.17) is 14.2 Å². The van der Waals surface area contributed by atoms with Crippen molar-refractivity contribution >= 4 is 17.9 Å². The molecule has 8 heteroatoms. The molecule has 0 aromatic carbocycles. The van der Waals surface area contributed by atoms with Gasteiger partial charge in [0.1, 0.15) is 11.7 Å². The molecule has 1 unspecified atom stereocenters. The number of rotatable bonds is 8. The molecular formula is C33H52O8. The molecule has 0 amide bonds. The van der Waals surface area contributed by atoms with Gasteiger partial charge in [0.2, 0.25) is 0 Å². The molecular weight excluding hydrogens is 524 g/mol. The van der Waals surface area contributed by atoms with E-state index in [1.54, 1.807) is 0 Å². The summed E-state index contributed by atoms with van der Waals surface area (Å²) in [6.07, 6.45) is 3.26. The van der Waals surface area contributed by atoms with Gasteiger partial charge in [-0.2, -0.15) is 0 Å². The second-order valence-electron chi connectivity index (χ2n) is 14.4. The Bertz CT molecular complexity index is 1070. The molecule has 10 atom stereocenters. The van der Waals surface area contributed by atoms with Crippen LogP contribution in [0.4, 0.5) is 0 Å². The standard InChI is InChI=1S/C33H52O8/c1-18(2)10-9-11-19(3)24-12-13-25-27-28(26(37)17-31(24,25)7)32(8)15-14-23(39-20(4)34)16-33(32,38)30(41-22(6)36)29(27)40-21(5)35/h18-19,23-26,29-30,37-38H,9-17H2,1-8H3/t19?,23-,24+,25-,26+,29-,30-,31+,32+,33-/m0/s1. The highest BCUT2D eigenvalue weighted by Gasteiger charge is 2.70. The Labute approximate surface area is 245 Å². The first-order chi connectivity index (χ1) is 19.0. The summed E-state index contributed by atoms with van der Waals surface area (Å²) in [5.74, 6) is -0.0362. The molecule has 0 bridgehead atoms. The first-order valence-electron chi connectivity index (χ1n) is 15.7. The highest BCUT2D eigenvalue weighted by atomic mass is 16.6. The van der Waals surface area contributed by atoms with Crippen molar-refractivity contribution in [2.24, 2.45) is 34.5 Å². The van der Waals surface area contributed by atoms with Gasteiger partial charge < -0.3 is 24.4 Å². The SMILES string of the molecule is CC(=O)O[C@H]1CC[C@]2(C)C3=C([C@H](OC(C)=O)[C@H](OC(C)=O)[C@@]2(O)C1)[C@@H]1CC[C@H](C(C)CCCC(C)C)[C@@]1(C)C[C@H]3O. The number of hydrogen-bond donors (Lipinski definition) is 2. The van der Waals surface area contributed by atoms with E-state index >= 15 is 0 Å². The van der Waals surface area contributed by atoms with Gasteiger partial charge in [-0.3, -0.25) is 14.4 Å². The van der Waals surface area contributed by atoms with E-state index < -0.39 is 53.3 Å². The maximum atomic E-state index is 12.6. The molecule has 0 saturated heterocycles. The van der Waals surface area contributed by atoms with Gasteiger partial charge in [-0.25, -0.2) is 0 Å². The first kappa shape index (κ1) is 32.0. The van der Waals surface area contributed by atoms with Crippen molar-refractivity contribution in [3.8, 4) is 0 Å². The molecule has 4 aliphatic carbocycles. The number of carbonyl (C=O) groups excluding carboxylic acids is 3. The zero-order chi connectivity index (χ0) is 30.5. The van der Waals surface area contributed by atoms with Crippen molar-refractivity contribution in [2.75, 3.05) is 0 Å². The number of ether oxygens (including phenoxy) is 3. The van der Waals surface area contributed by atoms with Crippen molar-refractivity contribution in [2.45, 2.75) is 143 Å². The second kappa shape index (κ2) is 11.6. The largest absolute Gasteiger partial charge is 0.462 e. The molecule has 0 spiro atoms. The Hall–Kier alpha value is -1.93. The Morgan fingerprint density at radius 2 is 1.54 bits per heavy atom. The first-order valence-corrected chi connectivity index (χ1v) is 15.7. The number of esters is 3. The molecule has 2 saturated carbocycles. The third-order valence-corrected chi connectivity index (χ3v) is 11.2. The number of aliphatic hydroxyl groups excluding tert-OH is 1. The lowest BCUT2D eigenvalue weighted by atomic mass is 9.46. The molecule has 8 nitrogen and oxygen atoms in total. The van der Waals surface area contributed by atoms with Gasteiger partial charge in [0.05, 0.1) is 6.10 Å². The summed E-state index contributed by atoms with van der Waals surface area (Å²) in [6.45, 7) is 15.0. The van der Waals surface area contributed by atoms with Gasteiger partial charge in [0, 0.05) is 32.6 Å². The quantitative estimate of drug-likeness (QED) is 0.228. The van der Waals surface area contributed by atoms with Crippen LogP contribution in [0, 0.1) is 34.5 Å². The summed E-state index contributed by atoms with van der Waals surface area (Å²) in [5, 5.41) is 24.6. The molecule has 0 aromatic heterocycles. The fourth-order valence-corrected chi connectivity index (χ4v) is 9.52. The lowest BCUT2D eigenvalue weighted by molar-refractivity contribution is -0.239. The summed E-state index contributed by atoms with van der Waals surface area (Å²) in [4.78, 5) is 36.9. The van der Waals surface area contributed by atoms with Gasteiger partial charge in [-0.15, -0.1) is 0 Å². The summed E-state index contributed by atoms with van der Waals surface area (Å²) in [5.41, 5.74) is -1.34. The zero-order valence-electron chi connectivity index (χ0n) is 26.3. The summed E-state index contributed by atoms with van der Waals surface area (Å²) >= 11 is 0. The third-order valence-electron chi connectivity index (χ3n) is 11.2. The van der Waals surface area contributed by atoms with Crippen LogP contribution in [0.5, 0.6) is 0 Å². The van der Waals surface area contributed by atoms with Crippen molar-refractivity contribution < 1.29 is 38.8 Å². The molecule has 4 aliphatic rings. The van der Waals surface area contributed by atoms with Gasteiger partial charge >= 0.3 is 17.9 Å². The third kappa shape index (κ3) is 5.60. The molecule has 0 aromatic rings. The minimum atomic E-state index is -1.72. The lowest BCUT2D eigenvalue weighted by Gasteiger charge is -2.62. The van der Waals surface area contributed by atoms with Crippen LogP contribution >= 0.6 is 0 Å². The van der Waals surface area contributed by atoms with Crippen molar-refractivity contribution in [1.29, 1.82) is 0 Å². The van der Waals surface area contributed by atoms with Crippen molar-refractivity contribution in [3.05, 3.63) is 11.1 Å². The van der Waals surface area contributed by atoms with Crippen LogP contribution in [0.2, 0.25) is 0 Å². The molecule has 0 aliphatic heterocycles. The van der Waals surface area contributed by atoms with Crippen LogP contribution < -0.4 is 0 Å². The van der Waals surface area contributed by atoms with E-state index in [-0.39, 0.29) is 17.8 Å². The molecule has 0 radical (unpaired) electrons. The Morgan fingerprint density at radius 1 is 0.902 bits per heavy atom. The minimum absolute atomic E-state index is 0.0136. The predicted octanol–water partition coefficient (Wildman–Crippen LogP) is 5.27. The van der Waals surface area contributed by atoms with Gasteiger partial charge in [-0.05, 0) is 72.3 Å². The molecule has 41 heavy (non-hydrogen) atoms. The lowest BCUT2D eigenvalue weighted by Crippen LogP contribution is -2.70. The zero-order valence-corrected chi connectivity index (χ0v) is 26.3. The van der Waals surface area contributed by atoms with Gasteiger partial charge in [0.25, 0.3) is 0 Å². The van der Waals surface area contributed by atoms with Crippen LogP contribution in [0.15, 0.2) is 11.1 Å². The fourth-order valence-electron chi connectivity index (χ4n) is 9.52. The van der Waals surface area contributed by atoms with E-state index in [0.717, 1.165) is 30.4 Å². The van der Waals surface area contributed by atoms with E-state index in [0.29, 0.717) is 37.0 Å². The maximum Gasteiger partial charge on any atom is 0.303 e. The van der Waals surface area contributed by atoms with Crippen molar-refractivity contribution in [1.82, 2.24) is 0 Å². The second-order valence-corrected chi connectivity index (χ2v) is 14.4. The van der Waals surface area contributed by atoms with Crippen molar-refractivity contribution in [3.63, 3.8) is 0 Å². The summed E-state index contributed by atoms with van der Waals surface area (Å²) in [7, 11) is 0. The smallest absolute Gasteiger partial charge is 0.303 e.